The van der Waals surface area contributed by atoms with Crippen molar-refractivity contribution in [2.75, 3.05) is 13.7 Å². The molecule has 1 rings (SSSR count). The number of hydrogen-bond donors (Lipinski definition) is 0. The summed E-state index contributed by atoms with van der Waals surface area (Å²) in [7, 11) is 1.69. The fraction of sp³-hybridized carbons (Fsp3) is 0.500. The molecule has 0 saturated carbocycles. The van der Waals surface area contributed by atoms with Crippen LogP contribution in [0.2, 0.25) is 0 Å². The number of rotatable bonds is 5. The molecule has 0 unspecified atom stereocenters. The van der Waals surface area contributed by atoms with E-state index in [1.165, 1.54) is 17.6 Å². The zero-order valence-electron chi connectivity index (χ0n) is 9.74. The van der Waals surface area contributed by atoms with Gasteiger partial charge in [0.15, 0.2) is 0 Å². The van der Waals surface area contributed by atoms with Crippen LogP contribution in [0.25, 0.3) is 0 Å². The first-order valence-corrected chi connectivity index (χ1v) is 5.69. The standard InChI is InChI=1S/C12H18O2S/c1-10-5-7-11(8-6-10)15-14-9-12(2,3)13-4/h5-8H,9H2,1-4H3. The van der Waals surface area contributed by atoms with Crippen molar-refractivity contribution in [3.63, 3.8) is 0 Å². The predicted molar refractivity (Wildman–Crippen MR) is 64.1 cm³/mol. The minimum Gasteiger partial charge on any atom is -0.376 e. The molecule has 0 aliphatic carbocycles. The summed E-state index contributed by atoms with van der Waals surface area (Å²) in [5, 5.41) is 0. The quantitative estimate of drug-likeness (QED) is 0.716. The highest BCUT2D eigenvalue weighted by atomic mass is 32.2. The second-order valence-electron chi connectivity index (χ2n) is 4.12. The Morgan fingerprint density at radius 1 is 1.20 bits per heavy atom. The van der Waals surface area contributed by atoms with Crippen LogP contribution in [0, 0.1) is 6.92 Å². The van der Waals surface area contributed by atoms with Crippen molar-refractivity contribution in [1.82, 2.24) is 0 Å². The summed E-state index contributed by atoms with van der Waals surface area (Å²) in [5.41, 5.74) is 1.04. The van der Waals surface area contributed by atoms with E-state index in [0.717, 1.165) is 4.90 Å². The number of hydrogen-bond acceptors (Lipinski definition) is 3. The molecule has 0 bridgehead atoms. The van der Waals surface area contributed by atoms with Gasteiger partial charge in [0.25, 0.3) is 0 Å². The van der Waals surface area contributed by atoms with Gasteiger partial charge in [0.05, 0.1) is 12.2 Å². The van der Waals surface area contributed by atoms with Gasteiger partial charge in [-0.1, -0.05) is 17.7 Å². The van der Waals surface area contributed by atoms with Gasteiger partial charge in [-0.25, -0.2) is 0 Å². The number of aryl methyl sites for hydroxylation is 1. The van der Waals surface area contributed by atoms with E-state index in [-0.39, 0.29) is 5.60 Å². The molecule has 0 heterocycles. The second-order valence-corrected chi connectivity index (χ2v) is 5.00. The van der Waals surface area contributed by atoms with Gasteiger partial charge in [0, 0.05) is 24.0 Å². The SMILES string of the molecule is COC(C)(C)COSc1ccc(C)cc1. The van der Waals surface area contributed by atoms with Crippen LogP contribution >= 0.6 is 12.0 Å². The van der Waals surface area contributed by atoms with Gasteiger partial charge in [-0.2, -0.15) is 0 Å². The first-order chi connectivity index (χ1) is 7.03. The van der Waals surface area contributed by atoms with Crippen molar-refractivity contribution in [3.05, 3.63) is 29.8 Å². The van der Waals surface area contributed by atoms with E-state index in [4.69, 9.17) is 8.92 Å². The Morgan fingerprint density at radius 2 is 1.80 bits per heavy atom. The fourth-order valence-electron chi connectivity index (χ4n) is 0.892. The summed E-state index contributed by atoms with van der Waals surface area (Å²) < 4.78 is 10.8. The highest BCUT2D eigenvalue weighted by Gasteiger charge is 2.16. The van der Waals surface area contributed by atoms with Crippen LogP contribution in [-0.4, -0.2) is 19.3 Å². The monoisotopic (exact) mass is 226 g/mol. The number of ether oxygens (including phenoxy) is 1. The Morgan fingerprint density at radius 3 is 2.33 bits per heavy atom. The maximum atomic E-state index is 5.51. The lowest BCUT2D eigenvalue weighted by Crippen LogP contribution is -2.27. The van der Waals surface area contributed by atoms with Gasteiger partial charge in [-0.05, 0) is 32.9 Å². The summed E-state index contributed by atoms with van der Waals surface area (Å²) in [5.74, 6) is 0. The first kappa shape index (κ1) is 12.6. The second kappa shape index (κ2) is 5.54. The molecule has 0 aliphatic heterocycles. The summed E-state index contributed by atoms with van der Waals surface area (Å²) in [6.45, 7) is 6.65. The number of benzene rings is 1. The van der Waals surface area contributed by atoms with Gasteiger partial charge in [-0.3, -0.25) is 0 Å². The maximum absolute atomic E-state index is 5.51. The smallest absolute Gasteiger partial charge is 0.0903 e. The molecule has 0 radical (unpaired) electrons. The van der Waals surface area contributed by atoms with Crippen molar-refractivity contribution in [2.24, 2.45) is 0 Å². The van der Waals surface area contributed by atoms with Gasteiger partial charge < -0.3 is 8.92 Å². The molecule has 84 valence electrons. The minimum absolute atomic E-state index is 0.225. The molecule has 0 amide bonds. The van der Waals surface area contributed by atoms with E-state index in [9.17, 15) is 0 Å². The third-order valence-corrected chi connectivity index (χ3v) is 2.84. The van der Waals surface area contributed by atoms with Crippen molar-refractivity contribution >= 4 is 12.0 Å². The molecule has 0 N–H and O–H groups in total. The molecule has 15 heavy (non-hydrogen) atoms. The molecule has 0 spiro atoms. The van der Waals surface area contributed by atoms with Gasteiger partial charge >= 0.3 is 0 Å². The van der Waals surface area contributed by atoms with Crippen molar-refractivity contribution < 1.29 is 8.92 Å². The van der Waals surface area contributed by atoms with Crippen LogP contribution in [-0.2, 0) is 8.92 Å². The molecule has 0 aromatic heterocycles. The highest BCUT2D eigenvalue weighted by molar-refractivity contribution is 7.94. The zero-order chi connectivity index (χ0) is 11.3. The van der Waals surface area contributed by atoms with Gasteiger partial charge in [0.2, 0.25) is 0 Å². The fourth-order valence-corrected chi connectivity index (χ4v) is 1.62. The summed E-state index contributed by atoms with van der Waals surface area (Å²) in [6, 6.07) is 8.26. The molecule has 1 aromatic carbocycles. The van der Waals surface area contributed by atoms with Crippen molar-refractivity contribution in [2.45, 2.75) is 31.3 Å². The molecular weight excluding hydrogens is 208 g/mol. The third kappa shape index (κ3) is 4.69. The van der Waals surface area contributed by atoms with E-state index in [2.05, 4.69) is 31.2 Å². The highest BCUT2D eigenvalue weighted by Crippen LogP contribution is 2.21. The van der Waals surface area contributed by atoms with Crippen molar-refractivity contribution in [1.29, 1.82) is 0 Å². The Kier molecular flexibility index (Phi) is 4.64. The lowest BCUT2D eigenvalue weighted by atomic mass is 10.2. The van der Waals surface area contributed by atoms with Crippen molar-refractivity contribution in [3.8, 4) is 0 Å². The molecule has 1 aromatic rings. The van der Waals surface area contributed by atoms with E-state index in [0.29, 0.717) is 6.61 Å². The lowest BCUT2D eigenvalue weighted by Gasteiger charge is -2.21. The van der Waals surface area contributed by atoms with Crippen LogP contribution in [0.3, 0.4) is 0 Å². The molecule has 0 atom stereocenters. The number of methoxy groups -OCH3 is 1. The molecular formula is C12H18O2S. The van der Waals surface area contributed by atoms with E-state index in [1.54, 1.807) is 7.11 Å². The maximum Gasteiger partial charge on any atom is 0.0903 e. The largest absolute Gasteiger partial charge is 0.376 e. The molecule has 0 fully saturated rings. The first-order valence-electron chi connectivity index (χ1n) is 4.95. The molecule has 2 nitrogen and oxygen atoms in total. The average molecular weight is 226 g/mol. The summed E-state index contributed by atoms with van der Waals surface area (Å²) in [4.78, 5) is 1.12. The van der Waals surface area contributed by atoms with Crippen LogP contribution in [0.1, 0.15) is 19.4 Å². The summed E-state index contributed by atoms with van der Waals surface area (Å²) >= 11 is 1.39. The lowest BCUT2D eigenvalue weighted by molar-refractivity contribution is -0.00943. The van der Waals surface area contributed by atoms with Crippen LogP contribution in [0.4, 0.5) is 0 Å². The van der Waals surface area contributed by atoms with Crippen LogP contribution in [0.5, 0.6) is 0 Å². The topological polar surface area (TPSA) is 18.5 Å². The Balaban J connectivity index is 2.35. The minimum atomic E-state index is -0.225. The van der Waals surface area contributed by atoms with E-state index >= 15 is 0 Å². The predicted octanol–water partition coefficient (Wildman–Crippen LogP) is 3.44. The van der Waals surface area contributed by atoms with E-state index in [1.807, 2.05) is 13.8 Å². The average Bonchev–Trinajstić information content (AvgIpc) is 2.21. The molecule has 0 aliphatic rings. The van der Waals surface area contributed by atoms with Crippen LogP contribution in [0.15, 0.2) is 29.2 Å². The Hall–Kier alpha value is -0.510. The Labute approximate surface area is 96.2 Å². The molecule has 3 heteroatoms. The summed E-state index contributed by atoms with van der Waals surface area (Å²) in [6.07, 6.45) is 0. The zero-order valence-corrected chi connectivity index (χ0v) is 10.6. The third-order valence-electron chi connectivity index (χ3n) is 2.14. The van der Waals surface area contributed by atoms with Gasteiger partial charge in [0.1, 0.15) is 0 Å². The molecule has 0 saturated heterocycles. The van der Waals surface area contributed by atoms with Gasteiger partial charge in [-0.15, -0.1) is 0 Å². The van der Waals surface area contributed by atoms with E-state index < -0.39 is 0 Å². The Bertz CT molecular complexity index is 293. The van der Waals surface area contributed by atoms with Crippen LogP contribution < -0.4 is 0 Å². The normalized spacial score (nSPS) is 11.7.